The van der Waals surface area contributed by atoms with Gasteiger partial charge in [-0.3, -0.25) is 0 Å². The molecule has 0 aliphatic heterocycles. The third kappa shape index (κ3) is 2.79. The molecular formula is C10H14ClNO2. The Labute approximate surface area is 89.1 Å². The number of hydrogen-bond donors (Lipinski definition) is 1. The molecule has 1 N–H and O–H groups in total. The Morgan fingerprint density at radius 1 is 1.21 bits per heavy atom. The van der Waals surface area contributed by atoms with Crippen molar-refractivity contribution in [1.82, 2.24) is 4.84 Å². The maximum absolute atomic E-state index is 5.38. The van der Waals surface area contributed by atoms with E-state index in [-0.39, 0.29) is 0 Å². The van der Waals surface area contributed by atoms with Crippen molar-refractivity contribution in [2.45, 2.75) is 6.42 Å². The minimum Gasteiger partial charge on any atom is -0.493 e. The predicted molar refractivity (Wildman–Crippen MR) is 57.1 cm³/mol. The van der Waals surface area contributed by atoms with Crippen LogP contribution in [0.15, 0.2) is 18.2 Å². The first-order chi connectivity index (χ1) is 6.81. The monoisotopic (exact) mass is 215 g/mol. The number of halogens is 1. The van der Waals surface area contributed by atoms with Crippen molar-refractivity contribution in [1.29, 1.82) is 0 Å². The Kier molecular flexibility index (Phi) is 4.56. The van der Waals surface area contributed by atoms with Crippen molar-refractivity contribution in [3.05, 3.63) is 23.8 Å². The zero-order valence-corrected chi connectivity index (χ0v) is 9.10. The van der Waals surface area contributed by atoms with Crippen molar-refractivity contribution in [2.24, 2.45) is 0 Å². The summed E-state index contributed by atoms with van der Waals surface area (Å²) < 4.78 is 10.3. The number of nitrogens with one attached hydrogen (secondary N) is 1. The zero-order valence-electron chi connectivity index (χ0n) is 8.34. The number of ether oxygens (including phenoxy) is 2. The van der Waals surface area contributed by atoms with Gasteiger partial charge in [-0.15, -0.1) is 0 Å². The van der Waals surface area contributed by atoms with E-state index in [1.807, 2.05) is 18.2 Å². The highest BCUT2D eigenvalue weighted by Crippen LogP contribution is 2.27. The van der Waals surface area contributed by atoms with Crippen molar-refractivity contribution < 1.29 is 9.47 Å². The van der Waals surface area contributed by atoms with Crippen LogP contribution < -0.4 is 14.3 Å². The van der Waals surface area contributed by atoms with Crippen LogP contribution in [0.25, 0.3) is 0 Å². The van der Waals surface area contributed by atoms with Crippen LogP contribution in [0.1, 0.15) is 5.56 Å². The normalized spacial score (nSPS) is 9.93. The number of rotatable bonds is 5. The van der Waals surface area contributed by atoms with Gasteiger partial charge in [-0.05, 0) is 35.9 Å². The van der Waals surface area contributed by atoms with Gasteiger partial charge in [-0.1, -0.05) is 6.07 Å². The molecule has 1 aromatic rings. The molecule has 0 saturated heterocycles. The average molecular weight is 216 g/mol. The van der Waals surface area contributed by atoms with Gasteiger partial charge >= 0.3 is 0 Å². The van der Waals surface area contributed by atoms with E-state index in [2.05, 4.69) is 4.84 Å². The van der Waals surface area contributed by atoms with E-state index < -0.39 is 0 Å². The molecule has 0 saturated carbocycles. The molecule has 0 spiro atoms. The summed E-state index contributed by atoms with van der Waals surface area (Å²) in [6.45, 7) is 0.733. The summed E-state index contributed by atoms with van der Waals surface area (Å²) in [5.74, 6) is 1.50. The largest absolute Gasteiger partial charge is 0.493 e. The van der Waals surface area contributed by atoms with Gasteiger partial charge in [0.05, 0.1) is 14.2 Å². The standard InChI is InChI=1S/C10H14ClNO2/c1-13-9-4-3-8(5-6-12-11)7-10(9)14-2/h3-4,7,12H,5-6H2,1-2H3. The fourth-order valence-corrected chi connectivity index (χ4v) is 1.32. The van der Waals surface area contributed by atoms with Gasteiger partial charge in [0.2, 0.25) is 0 Å². The van der Waals surface area contributed by atoms with Gasteiger partial charge in [0.25, 0.3) is 0 Å². The van der Waals surface area contributed by atoms with E-state index in [4.69, 9.17) is 21.3 Å². The van der Waals surface area contributed by atoms with Crippen LogP contribution in [0.4, 0.5) is 0 Å². The maximum atomic E-state index is 5.38. The second kappa shape index (κ2) is 5.73. The third-order valence-corrected chi connectivity index (χ3v) is 2.15. The fourth-order valence-electron chi connectivity index (χ4n) is 1.23. The summed E-state index contributed by atoms with van der Waals surface area (Å²) in [6.07, 6.45) is 0.865. The molecular weight excluding hydrogens is 202 g/mol. The predicted octanol–water partition coefficient (Wildman–Crippen LogP) is 1.99. The van der Waals surface area contributed by atoms with Gasteiger partial charge < -0.3 is 9.47 Å². The summed E-state index contributed by atoms with van der Waals surface area (Å²) in [4.78, 5) is 2.58. The van der Waals surface area contributed by atoms with Crippen LogP contribution in [0.3, 0.4) is 0 Å². The highest BCUT2D eigenvalue weighted by molar-refractivity contribution is 6.13. The maximum Gasteiger partial charge on any atom is 0.160 e. The van der Waals surface area contributed by atoms with Crippen LogP contribution in [0, 0.1) is 0 Å². The molecule has 0 fully saturated rings. The molecule has 0 aromatic heterocycles. The van der Waals surface area contributed by atoms with Crippen molar-refractivity contribution in [3.8, 4) is 11.5 Å². The molecule has 1 rings (SSSR count). The van der Waals surface area contributed by atoms with Gasteiger partial charge in [-0.2, -0.15) is 0 Å². The molecule has 78 valence electrons. The van der Waals surface area contributed by atoms with E-state index in [1.165, 1.54) is 0 Å². The Bertz CT molecular complexity index is 291. The van der Waals surface area contributed by atoms with Gasteiger partial charge in [-0.25, -0.2) is 4.84 Å². The Balaban J connectivity index is 2.79. The highest BCUT2D eigenvalue weighted by Gasteiger charge is 2.03. The molecule has 0 amide bonds. The minimum absolute atomic E-state index is 0.733. The van der Waals surface area contributed by atoms with E-state index in [0.717, 1.165) is 30.0 Å². The summed E-state index contributed by atoms with van der Waals surface area (Å²) in [6, 6.07) is 5.84. The first kappa shape index (κ1) is 11.1. The first-order valence-electron chi connectivity index (χ1n) is 4.36. The topological polar surface area (TPSA) is 30.5 Å². The fraction of sp³-hybridized carbons (Fsp3) is 0.400. The quantitative estimate of drug-likeness (QED) is 0.763. The molecule has 3 nitrogen and oxygen atoms in total. The van der Waals surface area contributed by atoms with Crippen LogP contribution in [-0.4, -0.2) is 20.8 Å². The molecule has 14 heavy (non-hydrogen) atoms. The summed E-state index contributed by atoms with van der Waals surface area (Å²) in [5, 5.41) is 0. The third-order valence-electron chi connectivity index (χ3n) is 1.96. The van der Waals surface area contributed by atoms with Crippen LogP contribution in [0.2, 0.25) is 0 Å². The lowest BCUT2D eigenvalue weighted by atomic mass is 10.1. The van der Waals surface area contributed by atoms with Crippen molar-refractivity contribution in [3.63, 3.8) is 0 Å². The first-order valence-corrected chi connectivity index (χ1v) is 4.74. The van der Waals surface area contributed by atoms with Gasteiger partial charge in [0, 0.05) is 6.54 Å². The van der Waals surface area contributed by atoms with Gasteiger partial charge in [0.1, 0.15) is 0 Å². The molecule has 0 heterocycles. The second-order valence-electron chi connectivity index (χ2n) is 2.82. The summed E-state index contributed by atoms with van der Waals surface area (Å²) >= 11 is 5.38. The molecule has 0 aliphatic carbocycles. The van der Waals surface area contributed by atoms with Crippen LogP contribution >= 0.6 is 11.8 Å². The summed E-state index contributed by atoms with van der Waals surface area (Å²) in [7, 11) is 3.25. The zero-order chi connectivity index (χ0) is 10.4. The lowest BCUT2D eigenvalue weighted by Gasteiger charge is -2.08. The van der Waals surface area contributed by atoms with E-state index in [9.17, 15) is 0 Å². The Morgan fingerprint density at radius 2 is 1.93 bits per heavy atom. The number of hydrogen-bond acceptors (Lipinski definition) is 3. The lowest BCUT2D eigenvalue weighted by molar-refractivity contribution is 0.354. The molecule has 0 atom stereocenters. The van der Waals surface area contributed by atoms with E-state index in [1.54, 1.807) is 14.2 Å². The molecule has 0 radical (unpaired) electrons. The van der Waals surface area contributed by atoms with E-state index in [0.29, 0.717) is 0 Å². The molecule has 0 aliphatic rings. The Morgan fingerprint density at radius 3 is 2.50 bits per heavy atom. The molecule has 0 unspecified atom stereocenters. The van der Waals surface area contributed by atoms with Crippen LogP contribution in [-0.2, 0) is 6.42 Å². The molecule has 4 heteroatoms. The number of methoxy groups -OCH3 is 2. The van der Waals surface area contributed by atoms with E-state index >= 15 is 0 Å². The SMILES string of the molecule is COc1ccc(CCNCl)cc1OC. The van der Waals surface area contributed by atoms with Gasteiger partial charge in [0.15, 0.2) is 11.5 Å². The van der Waals surface area contributed by atoms with Crippen molar-refractivity contribution in [2.75, 3.05) is 20.8 Å². The smallest absolute Gasteiger partial charge is 0.160 e. The van der Waals surface area contributed by atoms with Crippen LogP contribution in [0.5, 0.6) is 11.5 Å². The number of benzene rings is 1. The summed E-state index contributed by atoms with van der Waals surface area (Å²) in [5.41, 5.74) is 1.16. The second-order valence-corrected chi connectivity index (χ2v) is 3.09. The highest BCUT2D eigenvalue weighted by atomic mass is 35.5. The minimum atomic E-state index is 0.733. The molecule has 0 bridgehead atoms. The van der Waals surface area contributed by atoms with Crippen molar-refractivity contribution >= 4 is 11.8 Å². The molecule has 1 aromatic carbocycles. The average Bonchev–Trinajstić information content (AvgIpc) is 2.25. The lowest BCUT2D eigenvalue weighted by Crippen LogP contribution is -2.04. The Hall–Kier alpha value is -0.930.